The molecule has 0 saturated carbocycles. The average molecular weight is 1020 g/mol. The summed E-state index contributed by atoms with van der Waals surface area (Å²) in [5, 5.41) is 0. The number of hydrogen-bond donors (Lipinski definition) is 0. The van der Waals surface area contributed by atoms with Crippen molar-refractivity contribution in [1.82, 2.24) is 4.48 Å². The van der Waals surface area contributed by atoms with Crippen LogP contribution in [0.1, 0.15) is 111 Å². The molecule has 2 aromatic rings. The van der Waals surface area contributed by atoms with Gasteiger partial charge in [-0.3, -0.25) is 0 Å². The molecule has 14 nitrogen and oxygen atoms in total. The van der Waals surface area contributed by atoms with Crippen LogP contribution in [-0.2, 0) is 69.9 Å². The summed E-state index contributed by atoms with van der Waals surface area (Å²) in [6, 6.07) is 8.05. The van der Waals surface area contributed by atoms with E-state index in [0.29, 0.717) is 35.6 Å². The van der Waals surface area contributed by atoms with E-state index in [0.717, 1.165) is 37.0 Å². The molecular formula is C47H62BF2IN2O12. The smallest absolute Gasteiger partial charge is 0.391 e. The van der Waals surface area contributed by atoms with Gasteiger partial charge >= 0.3 is 6.97 Å². The zero-order valence-electron chi connectivity index (χ0n) is 39.3. The number of hydrogen-bond acceptors (Lipinski definition) is 12. The fraction of sp³-hybridized carbons (Fsp3) is 0.681. The highest BCUT2D eigenvalue weighted by Crippen LogP contribution is 2.49. The van der Waals surface area contributed by atoms with Crippen LogP contribution in [0.25, 0.3) is 5.57 Å². The number of fused-ring (bicyclic) bond motifs is 8. The van der Waals surface area contributed by atoms with E-state index in [2.05, 4.69) is 22.6 Å². The Morgan fingerprint density at radius 3 is 1.65 bits per heavy atom. The molecule has 0 unspecified atom stereocenters. The minimum absolute atomic E-state index is 0.0445. The monoisotopic (exact) mass is 1020 g/mol. The summed E-state index contributed by atoms with van der Waals surface area (Å²) in [6.07, 6.45) is -4.60. The van der Waals surface area contributed by atoms with Gasteiger partial charge in [-0.1, -0.05) is 26.0 Å². The van der Waals surface area contributed by atoms with Crippen LogP contribution >= 0.6 is 22.6 Å². The SMILES string of the molecule is CCC1=C(C)C2=C(c3ccc(I)cc3)c3c(C)c(CC)c(COC[C@H]4O[C@@H]5OC(C)(C)O[C@@H]5[C@H]5OC(C)(C)O[C@H]54)n3[B-](F)(F)[N+]2=C1COC[C@H]1O[C@@H]2OC(C)(C)O[C@@H]2[C@H]2OC(C)(C)O[C@H]21. The highest BCUT2D eigenvalue weighted by Gasteiger charge is 2.63. The standard InChI is InChI=1S/C47H62BF2IN2O12/c1-13-27-23(3)34-33(25-15-17-26(51)18-16-25)35-24(4)28(14-2)30(20-55-22-32-37-39(61-45(7,8)59-37)41-43(57-32)65-47(11,12)63-41)53(35)48(49,50)52(34)29(27)19-54-21-31-36-38(60-44(5,6)58-36)40-42(56-31)64-46(9,10)62-40/h15-18,31-32,36-43H,13-14,19-22H2,1-12H3/t31-,32-,36+,37+,38+,39+,40-,41-,42-,43-/m1/s1. The van der Waals surface area contributed by atoms with Gasteiger partial charge in [0.05, 0.1) is 25.4 Å². The first-order chi connectivity index (χ1) is 30.5. The first-order valence-corrected chi connectivity index (χ1v) is 24.1. The molecule has 0 radical (unpaired) electrons. The molecule has 6 fully saturated rings. The quantitative estimate of drug-likeness (QED) is 0.164. The fourth-order valence-electron chi connectivity index (χ4n) is 11.5. The van der Waals surface area contributed by atoms with Crippen molar-refractivity contribution in [3.05, 3.63) is 72.8 Å². The van der Waals surface area contributed by atoms with Gasteiger partial charge in [0, 0.05) is 26.1 Å². The first kappa shape index (κ1) is 46.5. The molecule has 1 aromatic carbocycles. The van der Waals surface area contributed by atoms with Crippen molar-refractivity contribution in [2.24, 2.45) is 0 Å². The number of allylic oxidation sites excluding steroid dienone is 1. The average Bonchev–Trinajstić information content (AvgIpc) is 4.02. The highest BCUT2D eigenvalue weighted by molar-refractivity contribution is 14.1. The molecule has 0 amide bonds. The van der Waals surface area contributed by atoms with E-state index in [1.807, 2.05) is 107 Å². The van der Waals surface area contributed by atoms with Gasteiger partial charge in [0.1, 0.15) is 55.4 Å². The van der Waals surface area contributed by atoms with Crippen LogP contribution in [0.5, 0.6) is 0 Å². The topological polar surface area (TPSA) is 119 Å². The van der Waals surface area contributed by atoms with Gasteiger partial charge in [0.2, 0.25) is 0 Å². The third kappa shape index (κ3) is 7.86. The zero-order chi connectivity index (χ0) is 46.3. The molecule has 10 rings (SSSR count). The van der Waals surface area contributed by atoms with E-state index < -0.39 is 91.5 Å². The van der Waals surface area contributed by atoms with Crippen LogP contribution in [0.4, 0.5) is 8.63 Å². The lowest BCUT2D eigenvalue weighted by molar-refractivity contribution is -0.366. The number of halogens is 3. The summed E-state index contributed by atoms with van der Waals surface area (Å²) in [7, 11) is 0. The van der Waals surface area contributed by atoms with Crippen molar-refractivity contribution in [2.45, 2.75) is 187 Å². The van der Waals surface area contributed by atoms with E-state index in [1.165, 1.54) is 8.96 Å². The number of benzene rings is 1. The Morgan fingerprint density at radius 1 is 0.662 bits per heavy atom. The largest absolute Gasteiger partial charge is 0.737 e. The summed E-state index contributed by atoms with van der Waals surface area (Å²) in [6.45, 7) is 18.0. The molecule has 18 heteroatoms. The molecule has 0 bridgehead atoms. The number of ether oxygens (including phenoxy) is 12. The fourth-order valence-corrected chi connectivity index (χ4v) is 11.9. The summed E-state index contributed by atoms with van der Waals surface area (Å²) in [5.41, 5.74) is 6.56. The van der Waals surface area contributed by atoms with Gasteiger partial charge in [-0.15, -0.1) is 0 Å². The lowest BCUT2D eigenvalue weighted by Crippen LogP contribution is -2.56. The van der Waals surface area contributed by atoms with Gasteiger partial charge in [-0.25, -0.2) is 0 Å². The Balaban J connectivity index is 0.995. The number of aromatic nitrogens is 1. The van der Waals surface area contributed by atoms with Crippen molar-refractivity contribution in [2.75, 3.05) is 19.8 Å². The second kappa shape index (κ2) is 16.2. The Hall–Kier alpha value is -2.18. The normalized spacial score (nSPS) is 35.6. The third-order valence-corrected chi connectivity index (χ3v) is 14.6. The Morgan fingerprint density at radius 2 is 1.14 bits per heavy atom. The van der Waals surface area contributed by atoms with Crippen molar-refractivity contribution in [3.63, 3.8) is 0 Å². The van der Waals surface area contributed by atoms with E-state index in [4.69, 9.17) is 56.8 Å². The number of rotatable bonds is 11. The van der Waals surface area contributed by atoms with Gasteiger partial charge in [0.15, 0.2) is 47.1 Å². The van der Waals surface area contributed by atoms with Gasteiger partial charge in [0.25, 0.3) is 0 Å². The molecule has 10 atom stereocenters. The molecule has 0 N–H and O–H groups in total. The van der Waals surface area contributed by atoms with Crippen LogP contribution in [-0.4, -0.2) is 126 Å². The van der Waals surface area contributed by atoms with Crippen LogP contribution in [0, 0.1) is 10.5 Å². The Labute approximate surface area is 393 Å². The van der Waals surface area contributed by atoms with Crippen LogP contribution < -0.4 is 0 Å². The van der Waals surface area contributed by atoms with Crippen LogP contribution in [0.15, 0.2) is 41.1 Å². The van der Waals surface area contributed by atoms with Crippen molar-refractivity contribution in [1.29, 1.82) is 0 Å². The second-order valence-electron chi connectivity index (χ2n) is 20.2. The molecule has 0 aliphatic carbocycles. The lowest BCUT2D eigenvalue weighted by atomic mass is 9.83. The van der Waals surface area contributed by atoms with Gasteiger partial charge in [-0.05, 0) is 133 Å². The first-order valence-electron chi connectivity index (χ1n) is 23.0. The third-order valence-electron chi connectivity index (χ3n) is 13.9. The van der Waals surface area contributed by atoms with E-state index >= 15 is 8.63 Å². The predicted octanol–water partition coefficient (Wildman–Crippen LogP) is 7.48. The van der Waals surface area contributed by atoms with Crippen LogP contribution in [0.2, 0.25) is 0 Å². The van der Waals surface area contributed by atoms with Crippen molar-refractivity contribution < 1.29 is 70.0 Å². The van der Waals surface area contributed by atoms with Crippen molar-refractivity contribution >= 4 is 40.8 Å². The lowest BCUT2D eigenvalue weighted by Gasteiger charge is -2.37. The van der Waals surface area contributed by atoms with E-state index in [9.17, 15) is 0 Å². The van der Waals surface area contributed by atoms with Crippen LogP contribution in [0.3, 0.4) is 0 Å². The summed E-state index contributed by atoms with van der Waals surface area (Å²) < 4.78 is 116. The summed E-state index contributed by atoms with van der Waals surface area (Å²) in [4.78, 5) is 0. The zero-order valence-corrected chi connectivity index (χ0v) is 41.5. The Bertz CT molecular complexity index is 2350. The molecule has 1 aromatic heterocycles. The number of nitrogens with zero attached hydrogens (tertiary/aromatic N) is 2. The molecule has 6 saturated heterocycles. The molecular weight excluding hydrogens is 960 g/mol. The Kier molecular flexibility index (Phi) is 11.6. The maximum atomic E-state index is 18.3. The summed E-state index contributed by atoms with van der Waals surface area (Å²) in [5.74, 6) is -3.56. The molecule has 8 aliphatic rings. The van der Waals surface area contributed by atoms with E-state index in [1.54, 1.807) is 0 Å². The van der Waals surface area contributed by atoms with E-state index in [-0.39, 0.29) is 26.4 Å². The molecule has 0 spiro atoms. The maximum absolute atomic E-state index is 18.3. The molecule has 65 heavy (non-hydrogen) atoms. The minimum atomic E-state index is -4.52. The molecule has 8 aliphatic heterocycles. The predicted molar refractivity (Wildman–Crippen MR) is 241 cm³/mol. The molecule has 9 heterocycles. The summed E-state index contributed by atoms with van der Waals surface area (Å²) >= 11 is 2.27. The van der Waals surface area contributed by atoms with Gasteiger partial charge < -0.3 is 74.4 Å². The van der Waals surface area contributed by atoms with Crippen molar-refractivity contribution in [3.8, 4) is 0 Å². The molecule has 356 valence electrons. The second-order valence-corrected chi connectivity index (χ2v) is 21.4. The highest BCUT2D eigenvalue weighted by atomic mass is 127. The van der Waals surface area contributed by atoms with Gasteiger partial charge in [-0.2, -0.15) is 0 Å². The minimum Gasteiger partial charge on any atom is -0.391 e. The maximum Gasteiger partial charge on any atom is 0.737 e.